The average molecular weight is 383 g/mol. The van der Waals surface area contributed by atoms with Crippen LogP contribution in [0.15, 0.2) is 0 Å². The molecule has 0 bridgehead atoms. The Balaban J connectivity index is 1.72. The number of nitrogens with one attached hydrogen (secondary N) is 2. The van der Waals surface area contributed by atoms with Crippen molar-refractivity contribution >= 4 is 39.6 Å². The van der Waals surface area contributed by atoms with E-state index in [-0.39, 0.29) is 12.1 Å². The molecule has 0 saturated carbocycles. The number of fused-ring (bicyclic) bond motifs is 1. The van der Waals surface area contributed by atoms with Crippen LogP contribution in [0.4, 0.5) is 5.00 Å². The number of ether oxygens (including phenoxy) is 2. The SMILES string of the molecule is CCOC(=O)c1c(NC(=S)NC[C@H]2CCCO2)sc2c1CCCCC2. The van der Waals surface area contributed by atoms with Gasteiger partial charge in [0.05, 0.1) is 18.3 Å². The summed E-state index contributed by atoms with van der Waals surface area (Å²) in [6.07, 6.45) is 7.89. The molecule has 25 heavy (non-hydrogen) atoms. The standard InChI is InChI=1S/C18H26N2O3S2/c1-2-22-17(21)15-13-8-4-3-5-9-14(13)25-16(15)20-18(24)19-11-12-7-6-10-23-12/h12H,2-11H2,1H3,(H2,19,20,24)/t12-/m1/s1. The fraction of sp³-hybridized carbons (Fsp3) is 0.667. The van der Waals surface area contributed by atoms with Crippen LogP contribution in [0.1, 0.15) is 59.8 Å². The molecule has 7 heteroatoms. The van der Waals surface area contributed by atoms with E-state index < -0.39 is 0 Å². The number of thiophene rings is 1. The maximum absolute atomic E-state index is 12.5. The Morgan fingerprint density at radius 3 is 2.92 bits per heavy atom. The summed E-state index contributed by atoms with van der Waals surface area (Å²) >= 11 is 7.07. The first-order valence-electron chi connectivity index (χ1n) is 9.17. The van der Waals surface area contributed by atoms with Crippen LogP contribution in [0.3, 0.4) is 0 Å². The number of carbonyl (C=O) groups excluding carboxylic acids is 1. The lowest BCUT2D eigenvalue weighted by Crippen LogP contribution is -2.35. The molecule has 1 aliphatic carbocycles. The Bertz CT molecular complexity index is 624. The van der Waals surface area contributed by atoms with E-state index in [1.165, 1.54) is 17.7 Å². The molecule has 1 atom stereocenters. The van der Waals surface area contributed by atoms with Gasteiger partial charge in [0.15, 0.2) is 5.11 Å². The molecule has 0 unspecified atom stereocenters. The average Bonchev–Trinajstić information content (AvgIpc) is 3.16. The topological polar surface area (TPSA) is 59.6 Å². The van der Waals surface area contributed by atoms with Crippen molar-refractivity contribution in [1.29, 1.82) is 0 Å². The summed E-state index contributed by atoms with van der Waals surface area (Å²) in [4.78, 5) is 13.8. The zero-order chi connectivity index (χ0) is 17.6. The number of esters is 1. The normalized spacial score (nSPS) is 19.8. The summed E-state index contributed by atoms with van der Waals surface area (Å²) in [6.45, 7) is 3.75. The van der Waals surface area contributed by atoms with E-state index in [9.17, 15) is 4.79 Å². The van der Waals surface area contributed by atoms with Crippen LogP contribution in [0, 0.1) is 0 Å². The lowest BCUT2D eigenvalue weighted by Gasteiger charge is -2.14. The van der Waals surface area contributed by atoms with E-state index in [0.717, 1.165) is 49.3 Å². The Hall–Kier alpha value is -1.18. The molecular weight excluding hydrogens is 356 g/mol. The van der Waals surface area contributed by atoms with Gasteiger partial charge in [0.2, 0.25) is 0 Å². The highest BCUT2D eigenvalue weighted by Gasteiger charge is 2.26. The van der Waals surface area contributed by atoms with Gasteiger partial charge in [-0.15, -0.1) is 11.3 Å². The van der Waals surface area contributed by atoms with Gasteiger partial charge < -0.3 is 20.1 Å². The Morgan fingerprint density at radius 1 is 1.32 bits per heavy atom. The third-order valence-corrected chi connectivity index (χ3v) is 6.10. The van der Waals surface area contributed by atoms with Gasteiger partial charge in [0.1, 0.15) is 5.00 Å². The highest BCUT2D eigenvalue weighted by molar-refractivity contribution is 7.80. The molecule has 0 amide bonds. The summed E-state index contributed by atoms with van der Waals surface area (Å²) in [5.41, 5.74) is 1.84. The molecule has 1 aliphatic heterocycles. The van der Waals surface area contributed by atoms with Crippen molar-refractivity contribution in [1.82, 2.24) is 5.32 Å². The van der Waals surface area contributed by atoms with Gasteiger partial charge in [-0.2, -0.15) is 0 Å². The molecule has 2 aliphatic rings. The van der Waals surface area contributed by atoms with Crippen molar-refractivity contribution < 1.29 is 14.3 Å². The van der Waals surface area contributed by atoms with Crippen molar-refractivity contribution in [2.24, 2.45) is 0 Å². The highest BCUT2D eigenvalue weighted by atomic mass is 32.1. The maximum Gasteiger partial charge on any atom is 0.341 e. The second kappa shape index (κ2) is 8.96. The van der Waals surface area contributed by atoms with Crippen LogP contribution in [-0.4, -0.2) is 36.9 Å². The predicted octanol–water partition coefficient (Wildman–Crippen LogP) is 3.66. The van der Waals surface area contributed by atoms with Gasteiger partial charge in [-0.3, -0.25) is 0 Å². The minimum absolute atomic E-state index is 0.226. The monoisotopic (exact) mass is 382 g/mol. The maximum atomic E-state index is 12.5. The molecule has 0 aromatic carbocycles. The summed E-state index contributed by atoms with van der Waals surface area (Å²) in [5.74, 6) is -0.244. The molecule has 5 nitrogen and oxygen atoms in total. The largest absolute Gasteiger partial charge is 0.462 e. The zero-order valence-corrected chi connectivity index (χ0v) is 16.3. The van der Waals surface area contributed by atoms with Crippen molar-refractivity contribution in [3.05, 3.63) is 16.0 Å². The van der Waals surface area contributed by atoms with Crippen molar-refractivity contribution in [2.45, 2.75) is 58.0 Å². The number of hydrogen-bond donors (Lipinski definition) is 2. The third-order valence-electron chi connectivity index (χ3n) is 4.64. The summed E-state index contributed by atoms with van der Waals surface area (Å²) in [6, 6.07) is 0. The minimum atomic E-state index is -0.244. The molecule has 1 aromatic rings. The lowest BCUT2D eigenvalue weighted by molar-refractivity contribution is 0.0527. The smallest absolute Gasteiger partial charge is 0.341 e. The van der Waals surface area contributed by atoms with Crippen LogP contribution < -0.4 is 10.6 Å². The van der Waals surface area contributed by atoms with E-state index in [1.807, 2.05) is 6.92 Å². The first-order chi connectivity index (χ1) is 12.2. The molecule has 1 fully saturated rings. The zero-order valence-electron chi connectivity index (χ0n) is 14.7. The summed E-state index contributed by atoms with van der Waals surface area (Å²) in [5, 5.41) is 7.80. The van der Waals surface area contributed by atoms with E-state index in [1.54, 1.807) is 11.3 Å². The van der Waals surface area contributed by atoms with Crippen molar-refractivity contribution in [2.75, 3.05) is 25.1 Å². The fourth-order valence-electron chi connectivity index (χ4n) is 3.41. The quantitative estimate of drug-likeness (QED) is 0.460. The van der Waals surface area contributed by atoms with Gasteiger partial charge in [-0.1, -0.05) is 6.42 Å². The van der Waals surface area contributed by atoms with E-state index >= 15 is 0 Å². The van der Waals surface area contributed by atoms with Crippen molar-refractivity contribution in [3.8, 4) is 0 Å². The van der Waals surface area contributed by atoms with Crippen LogP contribution in [-0.2, 0) is 22.3 Å². The number of hydrogen-bond acceptors (Lipinski definition) is 5. The molecule has 2 heterocycles. The summed E-state index contributed by atoms with van der Waals surface area (Å²) < 4.78 is 10.9. The number of rotatable bonds is 5. The Kier molecular flexibility index (Phi) is 6.67. The van der Waals surface area contributed by atoms with Crippen molar-refractivity contribution in [3.63, 3.8) is 0 Å². The molecule has 1 saturated heterocycles. The third kappa shape index (κ3) is 4.71. The number of anilines is 1. The molecular formula is C18H26N2O3S2. The predicted molar refractivity (Wildman–Crippen MR) is 105 cm³/mol. The molecule has 1 aromatic heterocycles. The minimum Gasteiger partial charge on any atom is -0.462 e. The summed E-state index contributed by atoms with van der Waals surface area (Å²) in [7, 11) is 0. The molecule has 0 radical (unpaired) electrons. The molecule has 3 rings (SSSR count). The van der Waals surface area contributed by atoms with E-state index in [2.05, 4.69) is 10.6 Å². The van der Waals surface area contributed by atoms with Gasteiger partial charge in [0, 0.05) is 18.0 Å². The van der Waals surface area contributed by atoms with Gasteiger partial charge in [-0.05, 0) is 63.2 Å². The number of carbonyl (C=O) groups is 1. The highest BCUT2D eigenvalue weighted by Crippen LogP contribution is 2.38. The fourth-order valence-corrected chi connectivity index (χ4v) is 4.94. The second-order valence-electron chi connectivity index (χ2n) is 6.46. The van der Waals surface area contributed by atoms with E-state index in [0.29, 0.717) is 23.8 Å². The van der Waals surface area contributed by atoms with Crippen LogP contribution >= 0.6 is 23.6 Å². The van der Waals surface area contributed by atoms with Crippen LogP contribution in [0.25, 0.3) is 0 Å². The molecule has 0 spiro atoms. The first kappa shape index (κ1) is 18.6. The van der Waals surface area contributed by atoms with Crippen LogP contribution in [0.5, 0.6) is 0 Å². The lowest BCUT2D eigenvalue weighted by atomic mass is 10.1. The van der Waals surface area contributed by atoms with Gasteiger partial charge >= 0.3 is 5.97 Å². The number of thiocarbonyl (C=S) groups is 1. The molecule has 2 N–H and O–H groups in total. The van der Waals surface area contributed by atoms with Gasteiger partial charge in [0.25, 0.3) is 0 Å². The first-order valence-corrected chi connectivity index (χ1v) is 10.4. The van der Waals surface area contributed by atoms with Crippen LogP contribution in [0.2, 0.25) is 0 Å². The molecule has 138 valence electrons. The Morgan fingerprint density at radius 2 is 2.16 bits per heavy atom. The van der Waals surface area contributed by atoms with E-state index in [4.69, 9.17) is 21.7 Å². The number of aryl methyl sites for hydroxylation is 1. The Labute approximate surface area is 158 Å². The second-order valence-corrected chi connectivity index (χ2v) is 7.97. The van der Waals surface area contributed by atoms with Gasteiger partial charge in [-0.25, -0.2) is 4.79 Å².